The van der Waals surface area contributed by atoms with Crippen LogP contribution in [0.4, 0.5) is 11.6 Å². The Morgan fingerprint density at radius 2 is 2.21 bits per heavy atom. The largest absolute Gasteiger partial charge is 0.384 e. The molecule has 0 aromatic carbocycles. The van der Waals surface area contributed by atoms with Gasteiger partial charge >= 0.3 is 0 Å². The van der Waals surface area contributed by atoms with E-state index in [2.05, 4.69) is 42.6 Å². The Labute approximate surface area is 115 Å². The van der Waals surface area contributed by atoms with Crippen LogP contribution in [0.3, 0.4) is 0 Å². The van der Waals surface area contributed by atoms with Crippen LogP contribution in [0.25, 0.3) is 0 Å². The molecule has 0 spiro atoms. The van der Waals surface area contributed by atoms with E-state index in [0.717, 1.165) is 31.2 Å². The Morgan fingerprint density at radius 1 is 1.47 bits per heavy atom. The highest BCUT2D eigenvalue weighted by Crippen LogP contribution is 2.24. The van der Waals surface area contributed by atoms with Crippen molar-refractivity contribution in [3.05, 3.63) is 11.9 Å². The van der Waals surface area contributed by atoms with Crippen LogP contribution in [0.1, 0.15) is 45.9 Å². The lowest BCUT2D eigenvalue weighted by Crippen LogP contribution is -2.49. The number of nitrogens with zero attached hydrogens (tertiary/aromatic N) is 3. The molecule has 2 N–H and O–H groups in total. The number of hydrogen-bond acceptors (Lipinski definition) is 5. The smallest absolute Gasteiger partial charge is 0.135 e. The number of morpholine rings is 1. The molecule has 2 atom stereocenters. The molecule has 106 valence electrons. The molecule has 1 aromatic heterocycles. The third kappa shape index (κ3) is 3.15. The van der Waals surface area contributed by atoms with Gasteiger partial charge in [-0.2, -0.15) is 0 Å². The van der Waals surface area contributed by atoms with E-state index in [0.29, 0.717) is 11.9 Å². The molecule has 0 saturated carbocycles. The fourth-order valence-corrected chi connectivity index (χ4v) is 2.34. The first-order chi connectivity index (χ1) is 9.01. The number of aromatic nitrogens is 2. The van der Waals surface area contributed by atoms with Crippen molar-refractivity contribution in [3.8, 4) is 0 Å². The average Bonchev–Trinajstić information content (AvgIpc) is 2.37. The summed E-state index contributed by atoms with van der Waals surface area (Å²) in [7, 11) is 0. The van der Waals surface area contributed by atoms with Crippen LogP contribution >= 0.6 is 0 Å². The van der Waals surface area contributed by atoms with E-state index in [1.807, 2.05) is 6.07 Å². The summed E-state index contributed by atoms with van der Waals surface area (Å²) >= 11 is 0. The van der Waals surface area contributed by atoms with E-state index in [-0.39, 0.29) is 12.0 Å². The minimum Gasteiger partial charge on any atom is -0.384 e. The van der Waals surface area contributed by atoms with Gasteiger partial charge in [0.1, 0.15) is 17.5 Å². The van der Waals surface area contributed by atoms with E-state index >= 15 is 0 Å². The Kier molecular flexibility index (Phi) is 4.24. The molecule has 1 aliphatic heterocycles. The predicted octanol–water partition coefficient (Wildman–Crippen LogP) is 2.19. The van der Waals surface area contributed by atoms with Crippen LogP contribution < -0.4 is 10.6 Å². The molecular formula is C14H24N4O. The number of ether oxygens (including phenoxy) is 1. The van der Waals surface area contributed by atoms with Crippen LogP contribution in [0.15, 0.2) is 6.07 Å². The van der Waals surface area contributed by atoms with Gasteiger partial charge in [-0.1, -0.05) is 20.8 Å². The van der Waals surface area contributed by atoms with Gasteiger partial charge in [0, 0.05) is 18.5 Å². The van der Waals surface area contributed by atoms with Crippen LogP contribution in [0.2, 0.25) is 0 Å². The minimum atomic E-state index is 0.224. The van der Waals surface area contributed by atoms with Gasteiger partial charge in [0.05, 0.1) is 18.8 Å². The second kappa shape index (κ2) is 5.74. The normalized spacial score (nSPS) is 23.9. The van der Waals surface area contributed by atoms with Gasteiger partial charge < -0.3 is 15.4 Å². The molecule has 2 unspecified atom stereocenters. The average molecular weight is 264 g/mol. The molecule has 0 radical (unpaired) electrons. The summed E-state index contributed by atoms with van der Waals surface area (Å²) in [5.41, 5.74) is 5.92. The summed E-state index contributed by atoms with van der Waals surface area (Å²) in [5, 5.41) is 0. The Morgan fingerprint density at radius 3 is 2.84 bits per heavy atom. The number of anilines is 2. The SMILES string of the molecule is CCC1COC(C)CN1c1cc(N)nc(C(C)C)n1. The summed E-state index contributed by atoms with van der Waals surface area (Å²) in [6.07, 6.45) is 1.26. The maximum absolute atomic E-state index is 5.92. The van der Waals surface area contributed by atoms with Gasteiger partial charge in [0.2, 0.25) is 0 Å². The van der Waals surface area contributed by atoms with Crippen LogP contribution in [0, 0.1) is 0 Å². The molecule has 1 saturated heterocycles. The third-order valence-electron chi connectivity index (χ3n) is 3.50. The molecule has 1 aromatic rings. The zero-order valence-electron chi connectivity index (χ0n) is 12.3. The van der Waals surface area contributed by atoms with E-state index < -0.39 is 0 Å². The van der Waals surface area contributed by atoms with Gasteiger partial charge in [0.25, 0.3) is 0 Å². The summed E-state index contributed by atoms with van der Waals surface area (Å²) in [5.74, 6) is 2.56. The van der Waals surface area contributed by atoms with Crippen molar-refractivity contribution in [1.29, 1.82) is 0 Å². The van der Waals surface area contributed by atoms with Crippen molar-refractivity contribution in [2.75, 3.05) is 23.8 Å². The summed E-state index contributed by atoms with van der Waals surface area (Å²) in [6.45, 7) is 10.0. The van der Waals surface area contributed by atoms with Gasteiger partial charge in [-0.25, -0.2) is 9.97 Å². The van der Waals surface area contributed by atoms with Crippen molar-refractivity contribution in [2.24, 2.45) is 0 Å². The second-order valence-electron chi connectivity index (χ2n) is 5.52. The number of nitrogens with two attached hydrogens (primary N) is 1. The first-order valence-corrected chi connectivity index (χ1v) is 7.04. The van der Waals surface area contributed by atoms with E-state index in [1.54, 1.807) is 0 Å². The number of nitrogen functional groups attached to an aromatic ring is 1. The van der Waals surface area contributed by atoms with Crippen molar-refractivity contribution in [1.82, 2.24) is 9.97 Å². The Balaban J connectivity index is 2.32. The maximum atomic E-state index is 5.92. The first-order valence-electron chi connectivity index (χ1n) is 7.04. The quantitative estimate of drug-likeness (QED) is 0.906. The molecule has 0 amide bonds. The van der Waals surface area contributed by atoms with Gasteiger partial charge in [-0.3, -0.25) is 0 Å². The molecule has 2 rings (SSSR count). The Hall–Kier alpha value is -1.36. The highest BCUT2D eigenvalue weighted by Gasteiger charge is 2.27. The lowest BCUT2D eigenvalue weighted by Gasteiger charge is -2.39. The van der Waals surface area contributed by atoms with Crippen LogP contribution in [-0.4, -0.2) is 35.3 Å². The van der Waals surface area contributed by atoms with E-state index in [9.17, 15) is 0 Å². The van der Waals surface area contributed by atoms with Crippen molar-refractivity contribution in [2.45, 2.75) is 52.2 Å². The minimum absolute atomic E-state index is 0.224. The second-order valence-corrected chi connectivity index (χ2v) is 5.52. The van der Waals surface area contributed by atoms with E-state index in [1.165, 1.54) is 0 Å². The molecule has 1 fully saturated rings. The molecule has 5 heteroatoms. The van der Waals surface area contributed by atoms with Gasteiger partial charge in [-0.15, -0.1) is 0 Å². The number of rotatable bonds is 3. The van der Waals surface area contributed by atoms with Gasteiger partial charge in [-0.05, 0) is 13.3 Å². The molecule has 19 heavy (non-hydrogen) atoms. The van der Waals surface area contributed by atoms with E-state index in [4.69, 9.17) is 10.5 Å². The molecular weight excluding hydrogens is 240 g/mol. The topological polar surface area (TPSA) is 64.3 Å². The standard InChI is InChI=1S/C14H24N4O/c1-5-11-8-19-10(4)7-18(11)13-6-12(15)16-14(17-13)9(2)3/h6,9-11H,5,7-8H2,1-4H3,(H2,15,16,17). The predicted molar refractivity (Wildman–Crippen MR) is 77.4 cm³/mol. The van der Waals surface area contributed by atoms with Crippen LogP contribution in [-0.2, 0) is 4.74 Å². The maximum Gasteiger partial charge on any atom is 0.135 e. The zero-order chi connectivity index (χ0) is 14.0. The Bertz CT molecular complexity index is 435. The lowest BCUT2D eigenvalue weighted by molar-refractivity contribution is 0.0296. The zero-order valence-corrected chi connectivity index (χ0v) is 12.3. The van der Waals surface area contributed by atoms with Crippen molar-refractivity contribution < 1.29 is 4.74 Å². The number of hydrogen-bond donors (Lipinski definition) is 1. The van der Waals surface area contributed by atoms with Crippen molar-refractivity contribution >= 4 is 11.6 Å². The highest BCUT2D eigenvalue weighted by molar-refractivity contribution is 5.48. The summed E-state index contributed by atoms with van der Waals surface area (Å²) in [4.78, 5) is 11.3. The van der Waals surface area contributed by atoms with Crippen molar-refractivity contribution in [3.63, 3.8) is 0 Å². The lowest BCUT2D eigenvalue weighted by atomic mass is 10.1. The molecule has 2 heterocycles. The van der Waals surface area contributed by atoms with Crippen LogP contribution in [0.5, 0.6) is 0 Å². The molecule has 5 nitrogen and oxygen atoms in total. The first kappa shape index (κ1) is 14.1. The third-order valence-corrected chi connectivity index (χ3v) is 3.50. The fraction of sp³-hybridized carbons (Fsp3) is 0.714. The molecule has 1 aliphatic rings. The monoisotopic (exact) mass is 264 g/mol. The summed E-state index contributed by atoms with van der Waals surface area (Å²) in [6, 6.07) is 2.23. The highest BCUT2D eigenvalue weighted by atomic mass is 16.5. The summed E-state index contributed by atoms with van der Waals surface area (Å²) < 4.78 is 5.72. The molecule has 0 bridgehead atoms. The van der Waals surface area contributed by atoms with Gasteiger partial charge in [0.15, 0.2) is 0 Å². The molecule has 0 aliphatic carbocycles. The fourth-order valence-electron chi connectivity index (χ4n) is 2.34.